The zero-order valence-corrected chi connectivity index (χ0v) is 11.7. The predicted molar refractivity (Wildman–Crippen MR) is 80.9 cm³/mol. The molecule has 2 rings (SSSR count). The molecule has 0 aliphatic heterocycles. The molecule has 104 valence electrons. The maximum atomic E-state index is 12.1. The molecule has 0 aliphatic rings. The predicted octanol–water partition coefficient (Wildman–Crippen LogP) is 2.62. The van der Waals surface area contributed by atoms with Crippen LogP contribution in [0.3, 0.4) is 0 Å². The summed E-state index contributed by atoms with van der Waals surface area (Å²) in [5, 5.41) is 0. The molecule has 0 spiro atoms. The van der Waals surface area contributed by atoms with Gasteiger partial charge in [-0.05, 0) is 36.8 Å². The highest BCUT2D eigenvalue weighted by molar-refractivity contribution is 5.94. The van der Waals surface area contributed by atoms with Gasteiger partial charge >= 0.3 is 0 Å². The summed E-state index contributed by atoms with van der Waals surface area (Å²) in [6.45, 7) is 1.95. The number of aryl methyl sites for hydroxylation is 1. The molecule has 1 amide bonds. The van der Waals surface area contributed by atoms with E-state index in [0.29, 0.717) is 11.4 Å². The molecule has 4 heteroatoms. The van der Waals surface area contributed by atoms with Crippen molar-refractivity contribution in [1.82, 2.24) is 0 Å². The van der Waals surface area contributed by atoms with Crippen LogP contribution in [0.2, 0.25) is 0 Å². The minimum atomic E-state index is -0.126. The minimum absolute atomic E-state index is 0.0430. The van der Waals surface area contributed by atoms with E-state index in [2.05, 4.69) is 0 Å². The number of amides is 1. The van der Waals surface area contributed by atoms with E-state index in [1.807, 2.05) is 43.3 Å². The molecule has 0 aliphatic carbocycles. The zero-order chi connectivity index (χ0) is 14.5. The zero-order valence-electron chi connectivity index (χ0n) is 11.7. The lowest BCUT2D eigenvalue weighted by Gasteiger charge is -2.18. The number of nitrogen functional groups attached to an aromatic ring is 1. The molecule has 20 heavy (non-hydrogen) atoms. The largest absolute Gasteiger partial charge is 0.482 e. The Bertz CT molecular complexity index is 611. The molecule has 0 radical (unpaired) electrons. The summed E-state index contributed by atoms with van der Waals surface area (Å²) in [6, 6.07) is 14.9. The molecule has 0 saturated heterocycles. The Labute approximate surface area is 118 Å². The van der Waals surface area contributed by atoms with Gasteiger partial charge in [-0.25, -0.2) is 0 Å². The molecule has 2 aromatic rings. The Morgan fingerprint density at radius 2 is 1.95 bits per heavy atom. The maximum Gasteiger partial charge on any atom is 0.264 e. The van der Waals surface area contributed by atoms with Crippen molar-refractivity contribution in [3.8, 4) is 5.75 Å². The first-order valence-corrected chi connectivity index (χ1v) is 6.38. The summed E-state index contributed by atoms with van der Waals surface area (Å²) in [7, 11) is 1.73. The van der Waals surface area contributed by atoms with Crippen LogP contribution in [0.15, 0.2) is 48.5 Å². The monoisotopic (exact) mass is 270 g/mol. The van der Waals surface area contributed by atoms with Crippen LogP contribution in [0.4, 0.5) is 11.4 Å². The first kappa shape index (κ1) is 13.9. The first-order chi connectivity index (χ1) is 9.58. The smallest absolute Gasteiger partial charge is 0.264 e. The Hall–Kier alpha value is -2.49. The normalized spacial score (nSPS) is 10.1. The number of hydrogen-bond donors (Lipinski definition) is 1. The number of nitrogens with two attached hydrogens (primary N) is 1. The van der Waals surface area contributed by atoms with E-state index in [1.54, 1.807) is 24.1 Å². The quantitative estimate of drug-likeness (QED) is 0.869. The van der Waals surface area contributed by atoms with Crippen LogP contribution in [0.1, 0.15) is 5.56 Å². The van der Waals surface area contributed by atoms with Gasteiger partial charge in [0.05, 0.1) is 5.69 Å². The second kappa shape index (κ2) is 6.10. The van der Waals surface area contributed by atoms with Crippen molar-refractivity contribution >= 4 is 17.3 Å². The van der Waals surface area contributed by atoms with E-state index < -0.39 is 0 Å². The minimum Gasteiger partial charge on any atom is -0.482 e. The summed E-state index contributed by atoms with van der Waals surface area (Å²) in [5.41, 5.74) is 8.24. The lowest BCUT2D eigenvalue weighted by atomic mass is 10.2. The molecular weight excluding hydrogens is 252 g/mol. The molecule has 0 atom stereocenters. The Morgan fingerprint density at radius 1 is 1.20 bits per heavy atom. The number of para-hydroxylation sites is 2. The van der Waals surface area contributed by atoms with Crippen molar-refractivity contribution in [3.05, 3.63) is 54.1 Å². The highest BCUT2D eigenvalue weighted by Gasteiger charge is 2.12. The van der Waals surface area contributed by atoms with Crippen LogP contribution in [0, 0.1) is 6.92 Å². The fourth-order valence-electron chi connectivity index (χ4n) is 1.83. The summed E-state index contributed by atoms with van der Waals surface area (Å²) in [4.78, 5) is 13.7. The topological polar surface area (TPSA) is 55.6 Å². The van der Waals surface area contributed by atoms with Crippen molar-refractivity contribution in [1.29, 1.82) is 0 Å². The van der Waals surface area contributed by atoms with Gasteiger partial charge < -0.3 is 15.4 Å². The van der Waals surface area contributed by atoms with Crippen molar-refractivity contribution in [3.63, 3.8) is 0 Å². The van der Waals surface area contributed by atoms with E-state index in [1.165, 1.54) is 0 Å². The van der Waals surface area contributed by atoms with Gasteiger partial charge in [-0.15, -0.1) is 0 Å². The molecule has 0 saturated carbocycles. The van der Waals surface area contributed by atoms with Gasteiger partial charge in [0, 0.05) is 12.7 Å². The molecule has 0 aromatic heterocycles. The highest BCUT2D eigenvalue weighted by atomic mass is 16.5. The number of ether oxygens (including phenoxy) is 1. The number of anilines is 2. The maximum absolute atomic E-state index is 12.1. The molecule has 0 heterocycles. The number of hydrogen-bond acceptors (Lipinski definition) is 3. The number of benzene rings is 2. The third kappa shape index (κ3) is 3.29. The Balaban J connectivity index is 2.00. The van der Waals surface area contributed by atoms with Gasteiger partial charge in [0.25, 0.3) is 5.91 Å². The number of rotatable bonds is 4. The molecule has 0 unspecified atom stereocenters. The summed E-state index contributed by atoms with van der Waals surface area (Å²) >= 11 is 0. The van der Waals surface area contributed by atoms with Gasteiger partial charge in [-0.2, -0.15) is 0 Å². The number of carbonyl (C=O) groups excluding carboxylic acids is 1. The summed E-state index contributed by atoms with van der Waals surface area (Å²) < 4.78 is 5.46. The van der Waals surface area contributed by atoms with Crippen LogP contribution < -0.4 is 15.4 Å². The number of likely N-dealkylation sites (N-methyl/N-ethyl adjacent to an activating group) is 1. The second-order valence-electron chi connectivity index (χ2n) is 4.62. The fourth-order valence-corrected chi connectivity index (χ4v) is 1.83. The molecule has 0 bridgehead atoms. The average molecular weight is 270 g/mol. The van der Waals surface area contributed by atoms with Gasteiger partial charge in [0.15, 0.2) is 6.61 Å². The van der Waals surface area contributed by atoms with E-state index in [9.17, 15) is 4.79 Å². The van der Waals surface area contributed by atoms with Crippen molar-refractivity contribution in [2.75, 3.05) is 24.3 Å². The lowest BCUT2D eigenvalue weighted by Crippen LogP contribution is -2.31. The standard InChI is InChI=1S/C16H18N2O2/c1-12-6-5-7-13(10-12)18(2)16(19)11-20-15-9-4-3-8-14(15)17/h3-10H,11,17H2,1-2H3. The van der Waals surface area contributed by atoms with Crippen molar-refractivity contribution in [2.45, 2.75) is 6.92 Å². The van der Waals surface area contributed by atoms with Gasteiger partial charge in [0.2, 0.25) is 0 Å². The number of carbonyl (C=O) groups is 1. The van der Waals surface area contributed by atoms with E-state index in [-0.39, 0.29) is 12.5 Å². The van der Waals surface area contributed by atoms with Gasteiger partial charge in [-0.1, -0.05) is 24.3 Å². The molecule has 0 fully saturated rings. The van der Waals surface area contributed by atoms with Crippen LogP contribution in [-0.4, -0.2) is 19.6 Å². The van der Waals surface area contributed by atoms with Gasteiger partial charge in [-0.3, -0.25) is 4.79 Å². The molecular formula is C16H18N2O2. The molecule has 4 nitrogen and oxygen atoms in total. The lowest BCUT2D eigenvalue weighted by molar-refractivity contribution is -0.120. The van der Waals surface area contributed by atoms with Crippen LogP contribution in [0.5, 0.6) is 5.75 Å². The third-order valence-electron chi connectivity index (χ3n) is 3.03. The van der Waals surface area contributed by atoms with Crippen LogP contribution in [-0.2, 0) is 4.79 Å². The molecule has 2 aromatic carbocycles. The summed E-state index contributed by atoms with van der Waals surface area (Å²) in [5.74, 6) is 0.400. The van der Waals surface area contributed by atoms with Crippen molar-refractivity contribution in [2.24, 2.45) is 0 Å². The van der Waals surface area contributed by atoms with Gasteiger partial charge in [0.1, 0.15) is 5.75 Å². The van der Waals surface area contributed by atoms with E-state index in [0.717, 1.165) is 11.3 Å². The third-order valence-corrected chi connectivity index (χ3v) is 3.03. The Kier molecular flexibility index (Phi) is 4.25. The van der Waals surface area contributed by atoms with E-state index >= 15 is 0 Å². The van der Waals surface area contributed by atoms with Crippen LogP contribution in [0.25, 0.3) is 0 Å². The fraction of sp³-hybridized carbons (Fsp3) is 0.188. The Morgan fingerprint density at radius 3 is 2.65 bits per heavy atom. The van der Waals surface area contributed by atoms with E-state index in [4.69, 9.17) is 10.5 Å². The summed E-state index contributed by atoms with van der Waals surface area (Å²) in [6.07, 6.45) is 0. The second-order valence-corrected chi connectivity index (χ2v) is 4.62. The molecule has 2 N–H and O–H groups in total. The first-order valence-electron chi connectivity index (χ1n) is 6.38. The number of nitrogens with zero attached hydrogens (tertiary/aromatic N) is 1. The van der Waals surface area contributed by atoms with Crippen molar-refractivity contribution < 1.29 is 9.53 Å². The highest BCUT2D eigenvalue weighted by Crippen LogP contribution is 2.20. The average Bonchev–Trinajstić information content (AvgIpc) is 2.45. The van der Waals surface area contributed by atoms with Crippen LogP contribution >= 0.6 is 0 Å². The SMILES string of the molecule is Cc1cccc(N(C)C(=O)COc2ccccc2N)c1.